The Labute approximate surface area is 178 Å². The van der Waals surface area contributed by atoms with Gasteiger partial charge in [-0.05, 0) is 30.3 Å². The van der Waals surface area contributed by atoms with Gasteiger partial charge in [0, 0.05) is 31.1 Å². The number of ether oxygens (including phenoxy) is 1. The number of aromatic nitrogens is 3. The monoisotopic (exact) mass is 449 g/mol. The summed E-state index contributed by atoms with van der Waals surface area (Å²) in [6.45, 7) is 2.65. The zero-order valence-electron chi connectivity index (χ0n) is 16.4. The average Bonchev–Trinajstić information content (AvgIpc) is 3.26. The molecule has 0 aliphatic rings. The fourth-order valence-corrected chi connectivity index (χ4v) is 4.10. The number of halogens is 3. The van der Waals surface area contributed by atoms with Gasteiger partial charge in [-0.25, -0.2) is 9.97 Å². The van der Waals surface area contributed by atoms with Crippen molar-refractivity contribution in [1.29, 1.82) is 0 Å². The number of alkyl halides is 3. The molecule has 0 atom stereocenters. The Morgan fingerprint density at radius 2 is 2.00 bits per heavy atom. The first kappa shape index (κ1) is 21.1. The lowest BCUT2D eigenvalue weighted by Crippen LogP contribution is -2.16. The smallest absolute Gasteiger partial charge is 0.406 e. The third-order valence-corrected chi connectivity index (χ3v) is 5.49. The van der Waals surface area contributed by atoms with Gasteiger partial charge in [-0.15, -0.1) is 13.2 Å². The van der Waals surface area contributed by atoms with E-state index < -0.39 is 6.36 Å². The number of hydrogen-bond acceptors (Lipinski definition) is 7. The summed E-state index contributed by atoms with van der Waals surface area (Å²) in [4.78, 5) is 21.0. The Morgan fingerprint density at radius 3 is 2.71 bits per heavy atom. The van der Waals surface area contributed by atoms with Crippen LogP contribution in [0.25, 0.3) is 21.3 Å². The quantitative estimate of drug-likeness (QED) is 0.392. The van der Waals surface area contributed by atoms with E-state index in [1.807, 2.05) is 10.6 Å². The zero-order valence-corrected chi connectivity index (χ0v) is 17.2. The number of benzene rings is 2. The number of nitrogens with one attached hydrogen (secondary N) is 1. The molecule has 4 aromatic rings. The molecule has 0 aliphatic heterocycles. The van der Waals surface area contributed by atoms with Crippen LogP contribution in [0.5, 0.6) is 5.75 Å². The highest BCUT2D eigenvalue weighted by atomic mass is 32.1. The van der Waals surface area contributed by atoms with E-state index in [1.165, 1.54) is 29.5 Å². The summed E-state index contributed by atoms with van der Waals surface area (Å²) in [7, 11) is 0. The zero-order chi connectivity index (χ0) is 22.2. The molecule has 0 spiro atoms. The van der Waals surface area contributed by atoms with Gasteiger partial charge in [0.25, 0.3) is 0 Å². The van der Waals surface area contributed by atoms with E-state index in [2.05, 4.69) is 20.0 Å². The maximum atomic E-state index is 12.5. The SMILES string of the molecule is CCC(=O)c1ccc2c(c1)nc(Nc1nc3ccc(OC(F)(F)F)cc3s1)n2CCN. The van der Waals surface area contributed by atoms with Gasteiger partial charge in [-0.2, -0.15) is 0 Å². The summed E-state index contributed by atoms with van der Waals surface area (Å²) in [6, 6.07) is 9.28. The molecule has 2 aromatic carbocycles. The highest BCUT2D eigenvalue weighted by Gasteiger charge is 2.31. The van der Waals surface area contributed by atoms with Crippen molar-refractivity contribution in [2.75, 3.05) is 11.9 Å². The van der Waals surface area contributed by atoms with Crippen molar-refractivity contribution in [2.45, 2.75) is 26.3 Å². The number of thiazole rings is 1. The Bertz CT molecular complexity index is 1270. The molecule has 3 N–H and O–H groups in total. The largest absolute Gasteiger partial charge is 0.573 e. The van der Waals surface area contributed by atoms with Gasteiger partial charge in [0.15, 0.2) is 10.9 Å². The lowest BCUT2D eigenvalue weighted by molar-refractivity contribution is -0.274. The second kappa shape index (κ2) is 8.16. The summed E-state index contributed by atoms with van der Waals surface area (Å²) in [5.74, 6) is 0.193. The van der Waals surface area contributed by atoms with Crippen molar-refractivity contribution in [3.05, 3.63) is 42.0 Å². The van der Waals surface area contributed by atoms with Gasteiger partial charge >= 0.3 is 6.36 Å². The van der Waals surface area contributed by atoms with E-state index in [0.717, 1.165) is 5.52 Å². The van der Waals surface area contributed by atoms with Crippen molar-refractivity contribution >= 4 is 49.4 Å². The molecule has 11 heteroatoms. The van der Waals surface area contributed by atoms with Crippen molar-refractivity contribution < 1.29 is 22.7 Å². The van der Waals surface area contributed by atoms with Crippen LogP contribution in [-0.4, -0.2) is 33.2 Å². The van der Waals surface area contributed by atoms with Crippen LogP contribution in [0.4, 0.5) is 24.3 Å². The Balaban J connectivity index is 1.68. The molecular weight excluding hydrogens is 431 g/mol. The molecule has 2 heterocycles. The lowest BCUT2D eigenvalue weighted by Gasteiger charge is -2.07. The van der Waals surface area contributed by atoms with Crippen LogP contribution >= 0.6 is 11.3 Å². The van der Waals surface area contributed by atoms with E-state index in [1.54, 1.807) is 19.1 Å². The fraction of sp³-hybridized carbons (Fsp3) is 0.250. The summed E-state index contributed by atoms with van der Waals surface area (Å²) < 4.78 is 43.8. The van der Waals surface area contributed by atoms with Crippen LogP contribution in [0.3, 0.4) is 0 Å². The molecule has 0 saturated heterocycles. The molecule has 162 valence electrons. The average molecular weight is 449 g/mol. The molecule has 0 aliphatic carbocycles. The maximum Gasteiger partial charge on any atom is 0.573 e. The first-order valence-electron chi connectivity index (χ1n) is 9.44. The molecule has 0 amide bonds. The molecule has 2 aromatic heterocycles. The van der Waals surface area contributed by atoms with Crippen molar-refractivity contribution in [2.24, 2.45) is 5.73 Å². The second-order valence-corrected chi connectivity index (χ2v) is 7.71. The van der Waals surface area contributed by atoms with Gasteiger partial charge in [-0.1, -0.05) is 18.3 Å². The lowest BCUT2D eigenvalue weighted by atomic mass is 10.1. The normalized spacial score (nSPS) is 11.9. The minimum Gasteiger partial charge on any atom is -0.406 e. The van der Waals surface area contributed by atoms with Gasteiger partial charge in [0.05, 0.1) is 21.3 Å². The first-order chi connectivity index (χ1) is 14.8. The molecular formula is C20H18F3N5O2S. The molecule has 4 rings (SSSR count). The summed E-state index contributed by atoms with van der Waals surface area (Å²) in [6.07, 6.45) is -4.36. The predicted molar refractivity (Wildman–Crippen MR) is 113 cm³/mol. The van der Waals surface area contributed by atoms with E-state index >= 15 is 0 Å². The molecule has 0 bridgehead atoms. The topological polar surface area (TPSA) is 95.1 Å². The predicted octanol–water partition coefficient (Wildman–Crippen LogP) is 4.84. The molecule has 0 unspecified atom stereocenters. The van der Waals surface area contributed by atoms with Crippen LogP contribution in [0.15, 0.2) is 36.4 Å². The highest BCUT2D eigenvalue weighted by molar-refractivity contribution is 7.22. The standard InChI is InChI=1S/C20H18F3N5O2S/c1-2-16(29)11-3-6-15-14(9-11)25-18(28(15)8-7-24)27-19-26-13-5-4-12(10-17(13)31-19)30-20(21,22)23/h3-6,9-10H,2,7-8,24H2,1H3,(H,25,26,27). The van der Waals surface area contributed by atoms with Crippen molar-refractivity contribution in [3.63, 3.8) is 0 Å². The molecule has 0 radical (unpaired) electrons. The molecule has 31 heavy (non-hydrogen) atoms. The van der Waals surface area contributed by atoms with E-state index in [-0.39, 0.29) is 11.5 Å². The number of nitrogens with zero attached hydrogens (tertiary/aromatic N) is 3. The van der Waals surface area contributed by atoms with E-state index in [4.69, 9.17) is 5.73 Å². The summed E-state index contributed by atoms with van der Waals surface area (Å²) >= 11 is 1.17. The molecule has 0 saturated carbocycles. The third-order valence-electron chi connectivity index (χ3n) is 4.56. The molecule has 7 nitrogen and oxygen atoms in total. The number of fused-ring (bicyclic) bond motifs is 2. The van der Waals surface area contributed by atoms with Crippen LogP contribution in [0.1, 0.15) is 23.7 Å². The first-order valence-corrected chi connectivity index (χ1v) is 10.3. The molecule has 0 fully saturated rings. The summed E-state index contributed by atoms with van der Waals surface area (Å²) in [5, 5.41) is 3.58. The fourth-order valence-electron chi connectivity index (χ4n) is 3.21. The Morgan fingerprint density at radius 1 is 1.19 bits per heavy atom. The van der Waals surface area contributed by atoms with Gasteiger partial charge in [0.1, 0.15) is 5.75 Å². The minimum atomic E-state index is -4.76. The number of nitrogens with two attached hydrogens (primary N) is 1. The van der Waals surface area contributed by atoms with E-state index in [0.29, 0.717) is 51.9 Å². The minimum absolute atomic E-state index is 0.0211. The number of anilines is 2. The number of imidazole rings is 1. The number of hydrogen-bond donors (Lipinski definition) is 2. The van der Waals surface area contributed by atoms with Crippen LogP contribution < -0.4 is 15.8 Å². The Kier molecular flexibility index (Phi) is 5.54. The summed E-state index contributed by atoms with van der Waals surface area (Å²) in [5.41, 5.74) is 8.30. The number of Topliss-reactive ketones (excluding diaryl/α,β-unsaturated/α-hetero) is 1. The number of ketones is 1. The third kappa shape index (κ3) is 4.47. The number of carbonyl (C=O) groups is 1. The van der Waals surface area contributed by atoms with Gasteiger partial charge < -0.3 is 20.4 Å². The highest BCUT2D eigenvalue weighted by Crippen LogP contribution is 2.33. The maximum absolute atomic E-state index is 12.5. The van der Waals surface area contributed by atoms with Crippen molar-refractivity contribution in [3.8, 4) is 5.75 Å². The Hall–Kier alpha value is -3.18. The van der Waals surface area contributed by atoms with E-state index in [9.17, 15) is 18.0 Å². The number of rotatable bonds is 7. The van der Waals surface area contributed by atoms with Crippen LogP contribution in [0, 0.1) is 0 Å². The number of carbonyl (C=O) groups excluding carboxylic acids is 1. The van der Waals surface area contributed by atoms with Gasteiger partial charge in [0.2, 0.25) is 5.95 Å². The van der Waals surface area contributed by atoms with Crippen LogP contribution in [0.2, 0.25) is 0 Å². The second-order valence-electron chi connectivity index (χ2n) is 6.68. The van der Waals surface area contributed by atoms with Gasteiger partial charge in [-0.3, -0.25) is 4.79 Å². The van der Waals surface area contributed by atoms with Crippen LogP contribution in [-0.2, 0) is 6.54 Å². The van der Waals surface area contributed by atoms with Crippen molar-refractivity contribution in [1.82, 2.24) is 14.5 Å².